The maximum Gasteiger partial charge on any atom is 0.256 e. The zero-order chi connectivity index (χ0) is 14.0. The molecule has 0 saturated carbocycles. The van der Waals surface area contributed by atoms with Gasteiger partial charge in [-0.25, -0.2) is 0 Å². The van der Waals surface area contributed by atoms with Gasteiger partial charge in [0.05, 0.1) is 13.3 Å². The maximum absolute atomic E-state index is 12.3. The molecule has 0 radical (unpaired) electrons. The Kier molecular flexibility index (Phi) is 3.55. The molecule has 0 bridgehead atoms. The van der Waals surface area contributed by atoms with E-state index in [9.17, 15) is 4.79 Å². The van der Waals surface area contributed by atoms with Gasteiger partial charge in [0.15, 0.2) is 0 Å². The number of nitrogens with one attached hydrogen (secondary N) is 1. The number of rotatable bonds is 3. The minimum atomic E-state index is -0.160. The molecular formula is C14H17N3O2. The zero-order valence-corrected chi connectivity index (χ0v) is 11.5. The van der Waals surface area contributed by atoms with E-state index in [0.29, 0.717) is 17.1 Å². The van der Waals surface area contributed by atoms with Crippen LogP contribution in [0.2, 0.25) is 0 Å². The van der Waals surface area contributed by atoms with E-state index >= 15 is 0 Å². The van der Waals surface area contributed by atoms with Crippen LogP contribution in [0, 0.1) is 13.8 Å². The predicted molar refractivity (Wildman–Crippen MR) is 73.6 cm³/mol. The number of hydrogen-bond acceptors (Lipinski definition) is 3. The van der Waals surface area contributed by atoms with E-state index in [2.05, 4.69) is 10.4 Å². The molecule has 1 amide bonds. The van der Waals surface area contributed by atoms with Crippen molar-refractivity contribution < 1.29 is 9.53 Å². The summed E-state index contributed by atoms with van der Waals surface area (Å²) in [6.45, 7) is 3.92. The fourth-order valence-corrected chi connectivity index (χ4v) is 1.89. The van der Waals surface area contributed by atoms with E-state index < -0.39 is 0 Å². The van der Waals surface area contributed by atoms with E-state index in [1.54, 1.807) is 24.0 Å². The number of carbonyl (C=O) groups is 1. The van der Waals surface area contributed by atoms with Gasteiger partial charge in [-0.1, -0.05) is 12.1 Å². The van der Waals surface area contributed by atoms with E-state index in [0.717, 1.165) is 11.1 Å². The number of amides is 1. The molecule has 0 aliphatic heterocycles. The van der Waals surface area contributed by atoms with Gasteiger partial charge >= 0.3 is 0 Å². The van der Waals surface area contributed by atoms with E-state index in [1.807, 2.05) is 26.0 Å². The van der Waals surface area contributed by atoms with Crippen molar-refractivity contribution in [1.29, 1.82) is 0 Å². The molecule has 2 aromatic rings. The highest BCUT2D eigenvalue weighted by molar-refractivity contribution is 6.05. The number of hydrogen-bond donors (Lipinski definition) is 1. The maximum atomic E-state index is 12.3. The molecule has 19 heavy (non-hydrogen) atoms. The molecule has 1 aromatic heterocycles. The summed E-state index contributed by atoms with van der Waals surface area (Å²) in [5.74, 6) is 0.244. The second-order valence-corrected chi connectivity index (χ2v) is 4.43. The fourth-order valence-electron chi connectivity index (χ4n) is 1.89. The first-order chi connectivity index (χ1) is 9.02. The van der Waals surface area contributed by atoms with Crippen LogP contribution in [0.1, 0.15) is 21.5 Å². The summed E-state index contributed by atoms with van der Waals surface area (Å²) in [5.41, 5.74) is 3.29. The Morgan fingerprint density at radius 3 is 2.79 bits per heavy atom. The van der Waals surface area contributed by atoms with E-state index in [-0.39, 0.29) is 5.91 Å². The van der Waals surface area contributed by atoms with E-state index in [1.165, 1.54) is 7.11 Å². The van der Waals surface area contributed by atoms with Crippen LogP contribution >= 0.6 is 0 Å². The monoisotopic (exact) mass is 259 g/mol. The van der Waals surface area contributed by atoms with Crippen molar-refractivity contribution in [3.63, 3.8) is 0 Å². The summed E-state index contributed by atoms with van der Waals surface area (Å²) in [6.07, 6.45) is 1.71. The molecule has 0 unspecified atom stereocenters. The van der Waals surface area contributed by atoms with Crippen molar-refractivity contribution in [1.82, 2.24) is 9.78 Å². The zero-order valence-electron chi connectivity index (χ0n) is 11.5. The van der Waals surface area contributed by atoms with Gasteiger partial charge in [-0.3, -0.25) is 9.48 Å². The second-order valence-electron chi connectivity index (χ2n) is 4.43. The molecule has 0 atom stereocenters. The third-order valence-electron chi connectivity index (χ3n) is 3.09. The molecule has 100 valence electrons. The Balaban J connectivity index is 2.28. The third-order valence-corrected chi connectivity index (χ3v) is 3.09. The molecule has 0 spiro atoms. The van der Waals surface area contributed by atoms with Gasteiger partial charge in [-0.15, -0.1) is 5.10 Å². The van der Waals surface area contributed by atoms with Crippen molar-refractivity contribution >= 4 is 11.6 Å². The third kappa shape index (κ3) is 2.59. The summed E-state index contributed by atoms with van der Waals surface area (Å²) < 4.78 is 6.71. The summed E-state index contributed by atoms with van der Waals surface area (Å²) in [6, 6.07) is 5.66. The SMILES string of the molecule is COc1nn(C)cc1NC(=O)c1cccc(C)c1C. The average molecular weight is 259 g/mol. The summed E-state index contributed by atoms with van der Waals surface area (Å²) in [5, 5.41) is 6.91. The number of benzene rings is 1. The van der Waals surface area contributed by atoms with Gasteiger partial charge in [-0.2, -0.15) is 0 Å². The van der Waals surface area contributed by atoms with Crippen molar-refractivity contribution in [3.8, 4) is 5.88 Å². The molecule has 5 heteroatoms. The molecule has 0 saturated heterocycles. The summed E-state index contributed by atoms with van der Waals surface area (Å²) in [4.78, 5) is 12.3. The largest absolute Gasteiger partial charge is 0.478 e. The first-order valence-electron chi connectivity index (χ1n) is 5.98. The molecule has 1 heterocycles. The smallest absolute Gasteiger partial charge is 0.256 e. The van der Waals surface area contributed by atoms with Crippen molar-refractivity contribution in [2.75, 3.05) is 12.4 Å². The average Bonchev–Trinajstić information content (AvgIpc) is 2.72. The first-order valence-corrected chi connectivity index (χ1v) is 5.98. The van der Waals surface area contributed by atoms with E-state index in [4.69, 9.17) is 4.74 Å². The fraction of sp³-hybridized carbons (Fsp3) is 0.286. The lowest BCUT2D eigenvalue weighted by Crippen LogP contribution is -2.14. The highest BCUT2D eigenvalue weighted by atomic mass is 16.5. The number of aryl methyl sites for hydroxylation is 2. The lowest BCUT2D eigenvalue weighted by molar-refractivity contribution is 0.102. The molecule has 1 aromatic carbocycles. The van der Waals surface area contributed by atoms with Gasteiger partial charge in [0.1, 0.15) is 5.69 Å². The molecular weight excluding hydrogens is 242 g/mol. The Morgan fingerprint density at radius 2 is 2.11 bits per heavy atom. The highest BCUT2D eigenvalue weighted by Gasteiger charge is 2.14. The first kappa shape index (κ1) is 13.1. The van der Waals surface area contributed by atoms with Crippen LogP contribution < -0.4 is 10.1 Å². The van der Waals surface area contributed by atoms with Crippen molar-refractivity contribution in [2.45, 2.75) is 13.8 Å². The Hall–Kier alpha value is -2.30. The van der Waals surface area contributed by atoms with Crippen molar-refractivity contribution in [2.24, 2.45) is 7.05 Å². The number of aromatic nitrogens is 2. The van der Waals surface area contributed by atoms with Gasteiger partial charge in [0.2, 0.25) is 0 Å². The second kappa shape index (κ2) is 5.14. The van der Waals surface area contributed by atoms with Gasteiger partial charge in [-0.05, 0) is 31.0 Å². The normalized spacial score (nSPS) is 10.3. The number of carbonyl (C=O) groups excluding carboxylic acids is 1. The van der Waals surface area contributed by atoms with Crippen LogP contribution in [-0.4, -0.2) is 22.8 Å². The Morgan fingerprint density at radius 1 is 1.37 bits per heavy atom. The molecule has 5 nitrogen and oxygen atoms in total. The minimum absolute atomic E-state index is 0.160. The predicted octanol–water partition coefficient (Wildman–Crippen LogP) is 2.30. The van der Waals surface area contributed by atoms with Crippen LogP contribution in [0.3, 0.4) is 0 Å². The molecule has 2 rings (SSSR count). The number of methoxy groups -OCH3 is 1. The highest BCUT2D eigenvalue weighted by Crippen LogP contribution is 2.22. The van der Waals surface area contributed by atoms with Crippen LogP contribution in [0.4, 0.5) is 5.69 Å². The van der Waals surface area contributed by atoms with Gasteiger partial charge in [0, 0.05) is 12.6 Å². The number of ether oxygens (including phenoxy) is 1. The van der Waals surface area contributed by atoms with Crippen molar-refractivity contribution in [3.05, 3.63) is 41.1 Å². The topological polar surface area (TPSA) is 56.1 Å². The van der Waals surface area contributed by atoms with Crippen LogP contribution in [0.25, 0.3) is 0 Å². The lowest BCUT2D eigenvalue weighted by atomic mass is 10.0. The molecule has 0 aliphatic carbocycles. The minimum Gasteiger partial charge on any atom is -0.478 e. The standard InChI is InChI=1S/C14H17N3O2/c1-9-6-5-7-11(10(9)2)13(18)15-12-8-17(3)16-14(12)19-4/h5-8H,1-4H3,(H,15,18). The van der Waals surface area contributed by atoms with Crippen LogP contribution in [0.15, 0.2) is 24.4 Å². The molecule has 1 N–H and O–H groups in total. The quantitative estimate of drug-likeness (QED) is 0.920. The summed E-state index contributed by atoms with van der Waals surface area (Å²) >= 11 is 0. The van der Waals surface area contributed by atoms with Crippen LogP contribution in [-0.2, 0) is 7.05 Å². The summed E-state index contributed by atoms with van der Waals surface area (Å²) in [7, 11) is 3.30. The van der Waals surface area contributed by atoms with Crippen LogP contribution in [0.5, 0.6) is 5.88 Å². The Bertz CT molecular complexity index is 617. The number of nitrogens with zero attached hydrogens (tertiary/aromatic N) is 2. The molecule has 0 fully saturated rings. The lowest BCUT2D eigenvalue weighted by Gasteiger charge is -2.08. The van der Waals surface area contributed by atoms with Gasteiger partial charge in [0.25, 0.3) is 11.8 Å². The molecule has 0 aliphatic rings. The van der Waals surface area contributed by atoms with Gasteiger partial charge < -0.3 is 10.1 Å². The number of anilines is 1. The Labute approximate surface area is 112 Å².